The maximum absolute atomic E-state index is 13.6. The van der Waals surface area contributed by atoms with Gasteiger partial charge in [-0.25, -0.2) is 0 Å². The topological polar surface area (TPSA) is 102 Å². The standard InChI is InChI=1S/C21H24N4O3S/c1-15-8-3-4-11-18(15)23-19(26)21(12-5-2-6-13-21)24(20(22)29)16-9-7-10-17(14-16)25(27)28/h3-4,7-11,14H,2,5-6,12-13H2,1H3,(H2,22,29)(H,23,26). The van der Waals surface area contributed by atoms with Gasteiger partial charge in [0.2, 0.25) is 0 Å². The molecule has 3 rings (SSSR count). The quantitative estimate of drug-likeness (QED) is 0.431. The van der Waals surface area contributed by atoms with Gasteiger partial charge in [0.1, 0.15) is 5.54 Å². The van der Waals surface area contributed by atoms with Gasteiger partial charge in [-0.1, -0.05) is 43.5 Å². The molecule has 0 spiro atoms. The van der Waals surface area contributed by atoms with Crippen molar-refractivity contribution < 1.29 is 9.72 Å². The average Bonchev–Trinajstić information content (AvgIpc) is 2.70. The molecule has 0 heterocycles. The Labute approximate surface area is 175 Å². The van der Waals surface area contributed by atoms with Crippen LogP contribution in [0, 0.1) is 17.0 Å². The molecule has 1 aliphatic rings. The van der Waals surface area contributed by atoms with E-state index in [4.69, 9.17) is 18.0 Å². The molecule has 0 radical (unpaired) electrons. The summed E-state index contributed by atoms with van der Waals surface area (Å²) < 4.78 is 0. The third kappa shape index (κ3) is 4.22. The Balaban J connectivity index is 2.06. The number of anilines is 2. The molecule has 2 aromatic rings. The number of nitrogens with zero attached hydrogens (tertiary/aromatic N) is 2. The second-order valence-corrected chi connectivity index (χ2v) is 7.73. The van der Waals surface area contributed by atoms with Crippen molar-refractivity contribution in [1.82, 2.24) is 0 Å². The van der Waals surface area contributed by atoms with Gasteiger partial charge in [0.15, 0.2) is 5.11 Å². The molecule has 1 amide bonds. The summed E-state index contributed by atoms with van der Waals surface area (Å²) in [5, 5.41) is 14.3. The van der Waals surface area contributed by atoms with Crippen LogP contribution in [0.15, 0.2) is 48.5 Å². The fourth-order valence-electron chi connectivity index (χ4n) is 3.97. The van der Waals surface area contributed by atoms with Gasteiger partial charge >= 0.3 is 0 Å². The molecule has 2 aromatic carbocycles. The van der Waals surface area contributed by atoms with Crippen molar-refractivity contribution in [1.29, 1.82) is 0 Å². The van der Waals surface area contributed by atoms with Gasteiger partial charge in [-0.15, -0.1) is 0 Å². The molecule has 0 bridgehead atoms. The predicted octanol–water partition coefficient (Wildman–Crippen LogP) is 4.29. The van der Waals surface area contributed by atoms with Gasteiger partial charge < -0.3 is 16.0 Å². The van der Waals surface area contributed by atoms with Crippen molar-refractivity contribution in [2.24, 2.45) is 5.73 Å². The van der Waals surface area contributed by atoms with Crippen molar-refractivity contribution in [2.45, 2.75) is 44.6 Å². The molecule has 1 fully saturated rings. The third-order valence-electron chi connectivity index (χ3n) is 5.44. The van der Waals surface area contributed by atoms with E-state index in [-0.39, 0.29) is 16.7 Å². The smallest absolute Gasteiger partial charge is 0.271 e. The fraction of sp³-hybridized carbons (Fsp3) is 0.333. The highest BCUT2D eigenvalue weighted by molar-refractivity contribution is 7.80. The number of thiocarbonyl (C=S) groups is 1. The van der Waals surface area contributed by atoms with Gasteiger partial charge in [-0.05, 0) is 49.7 Å². The van der Waals surface area contributed by atoms with E-state index in [1.54, 1.807) is 17.0 Å². The van der Waals surface area contributed by atoms with Crippen molar-refractivity contribution in [3.63, 3.8) is 0 Å². The maximum Gasteiger partial charge on any atom is 0.271 e. The average molecular weight is 413 g/mol. The molecule has 152 valence electrons. The molecule has 1 aliphatic carbocycles. The first-order valence-electron chi connectivity index (χ1n) is 9.56. The van der Waals surface area contributed by atoms with Crippen molar-refractivity contribution >= 4 is 40.3 Å². The Hall–Kier alpha value is -3.00. The first-order valence-corrected chi connectivity index (χ1v) is 9.97. The number of benzene rings is 2. The minimum Gasteiger partial charge on any atom is -0.376 e. The zero-order valence-electron chi connectivity index (χ0n) is 16.3. The second kappa shape index (κ2) is 8.57. The first kappa shape index (κ1) is 20.7. The molecule has 0 unspecified atom stereocenters. The minimum absolute atomic E-state index is 0.0207. The monoisotopic (exact) mass is 412 g/mol. The molecule has 29 heavy (non-hydrogen) atoms. The number of carbonyl (C=O) groups excluding carboxylic acids is 1. The number of nitrogens with two attached hydrogens (primary N) is 1. The number of non-ortho nitro benzene ring substituents is 1. The highest BCUT2D eigenvalue weighted by atomic mass is 32.1. The van der Waals surface area contributed by atoms with E-state index in [9.17, 15) is 14.9 Å². The molecule has 0 saturated heterocycles. The minimum atomic E-state index is -0.998. The zero-order chi connectivity index (χ0) is 21.0. The van der Waals surface area contributed by atoms with Gasteiger partial charge in [-0.2, -0.15) is 0 Å². The second-order valence-electron chi connectivity index (χ2n) is 7.31. The van der Waals surface area contributed by atoms with Crippen molar-refractivity contribution in [2.75, 3.05) is 10.2 Å². The summed E-state index contributed by atoms with van der Waals surface area (Å²) in [6.45, 7) is 1.93. The lowest BCUT2D eigenvalue weighted by Crippen LogP contribution is -2.61. The molecule has 1 saturated carbocycles. The van der Waals surface area contributed by atoms with E-state index >= 15 is 0 Å². The number of amides is 1. The summed E-state index contributed by atoms with van der Waals surface area (Å²) in [6.07, 6.45) is 3.82. The molecule has 0 aliphatic heterocycles. The number of hydrogen-bond donors (Lipinski definition) is 2. The summed E-state index contributed by atoms with van der Waals surface area (Å²) in [5.41, 5.74) is 7.13. The van der Waals surface area contributed by atoms with E-state index in [0.29, 0.717) is 18.5 Å². The molecule has 0 aromatic heterocycles. The number of nitro groups is 1. The Bertz CT molecular complexity index is 941. The van der Waals surface area contributed by atoms with Crippen LogP contribution in [0.4, 0.5) is 17.1 Å². The predicted molar refractivity (Wildman–Crippen MR) is 118 cm³/mol. The van der Waals surface area contributed by atoms with Crippen LogP contribution < -0.4 is 16.0 Å². The van der Waals surface area contributed by atoms with Crippen LogP contribution in [0.25, 0.3) is 0 Å². The normalized spacial score (nSPS) is 15.3. The van der Waals surface area contributed by atoms with Crippen molar-refractivity contribution in [3.8, 4) is 0 Å². The van der Waals surface area contributed by atoms with Gasteiger partial charge in [0.05, 0.1) is 10.6 Å². The van der Waals surface area contributed by atoms with Crippen molar-refractivity contribution in [3.05, 3.63) is 64.2 Å². The van der Waals surface area contributed by atoms with E-state index in [1.807, 2.05) is 31.2 Å². The lowest BCUT2D eigenvalue weighted by Gasteiger charge is -2.45. The number of nitro benzene ring substituents is 1. The fourth-order valence-corrected chi connectivity index (χ4v) is 4.25. The highest BCUT2D eigenvalue weighted by Gasteiger charge is 2.46. The van der Waals surface area contributed by atoms with E-state index in [1.165, 1.54) is 12.1 Å². The summed E-state index contributed by atoms with van der Waals surface area (Å²) >= 11 is 5.32. The summed E-state index contributed by atoms with van der Waals surface area (Å²) in [7, 11) is 0. The van der Waals surface area contributed by atoms with Crippen LogP contribution >= 0.6 is 12.2 Å². The van der Waals surface area contributed by atoms with Crippen LogP contribution in [-0.4, -0.2) is 21.5 Å². The molecular formula is C21H24N4O3S. The summed E-state index contributed by atoms with van der Waals surface area (Å²) in [5.74, 6) is -0.203. The Morgan fingerprint density at radius 2 is 1.86 bits per heavy atom. The SMILES string of the molecule is Cc1ccccc1NC(=O)C1(N(C(N)=S)c2cccc([N+](=O)[O-])c2)CCCCC1. The first-order chi connectivity index (χ1) is 13.8. The largest absolute Gasteiger partial charge is 0.376 e. The van der Waals surface area contributed by atoms with E-state index in [2.05, 4.69) is 5.32 Å². The molecule has 0 atom stereocenters. The van der Waals surface area contributed by atoms with Gasteiger partial charge in [0, 0.05) is 17.8 Å². The number of rotatable bonds is 5. The summed E-state index contributed by atoms with van der Waals surface area (Å²) in [4.78, 5) is 26.0. The Kier molecular flexibility index (Phi) is 6.12. The number of aryl methyl sites for hydroxylation is 1. The molecule has 7 nitrogen and oxygen atoms in total. The van der Waals surface area contributed by atoms with Crippen LogP contribution in [0.3, 0.4) is 0 Å². The summed E-state index contributed by atoms with van der Waals surface area (Å²) in [6, 6.07) is 13.6. The van der Waals surface area contributed by atoms with Crippen LogP contribution in [0.2, 0.25) is 0 Å². The zero-order valence-corrected chi connectivity index (χ0v) is 17.1. The highest BCUT2D eigenvalue weighted by Crippen LogP contribution is 2.39. The Morgan fingerprint density at radius 3 is 2.48 bits per heavy atom. The molecular weight excluding hydrogens is 388 g/mol. The van der Waals surface area contributed by atoms with E-state index in [0.717, 1.165) is 30.5 Å². The third-order valence-corrected chi connectivity index (χ3v) is 5.63. The van der Waals surface area contributed by atoms with Crippen LogP contribution in [0.5, 0.6) is 0 Å². The maximum atomic E-state index is 13.6. The van der Waals surface area contributed by atoms with Crippen LogP contribution in [-0.2, 0) is 4.79 Å². The van der Waals surface area contributed by atoms with Gasteiger partial charge in [-0.3, -0.25) is 14.9 Å². The lowest BCUT2D eigenvalue weighted by atomic mass is 9.79. The van der Waals surface area contributed by atoms with Gasteiger partial charge in [0.25, 0.3) is 11.6 Å². The Morgan fingerprint density at radius 1 is 1.17 bits per heavy atom. The van der Waals surface area contributed by atoms with Crippen LogP contribution in [0.1, 0.15) is 37.7 Å². The molecule has 3 N–H and O–H groups in total. The van der Waals surface area contributed by atoms with E-state index < -0.39 is 10.5 Å². The number of nitrogens with one attached hydrogen (secondary N) is 1. The number of hydrogen-bond acceptors (Lipinski definition) is 4. The number of para-hydroxylation sites is 1. The lowest BCUT2D eigenvalue weighted by molar-refractivity contribution is -0.384. The number of carbonyl (C=O) groups is 1. The molecule has 8 heteroatoms.